The first-order valence-electron chi connectivity index (χ1n) is 7.45. The molecule has 7 heteroatoms. The summed E-state index contributed by atoms with van der Waals surface area (Å²) in [5.41, 5.74) is 0. The molecule has 5 nitrogen and oxygen atoms in total. The normalized spacial score (nSPS) is 25.3. The molecular formula is C13H19N5S2. The van der Waals surface area contributed by atoms with Crippen molar-refractivity contribution in [1.82, 2.24) is 25.1 Å². The number of nitrogens with zero attached hydrogens (tertiary/aromatic N) is 4. The molecule has 0 spiro atoms. The van der Waals surface area contributed by atoms with Crippen LogP contribution in [0.15, 0.2) is 0 Å². The van der Waals surface area contributed by atoms with Crippen molar-refractivity contribution in [3.63, 3.8) is 0 Å². The molecule has 1 saturated carbocycles. The summed E-state index contributed by atoms with van der Waals surface area (Å²) in [5, 5.41) is 18.3. The van der Waals surface area contributed by atoms with Crippen molar-refractivity contribution in [2.24, 2.45) is 0 Å². The Morgan fingerprint density at radius 3 is 2.85 bits per heavy atom. The summed E-state index contributed by atoms with van der Waals surface area (Å²) in [7, 11) is 0. The molecule has 1 aliphatic heterocycles. The first-order chi connectivity index (χ1) is 9.92. The summed E-state index contributed by atoms with van der Waals surface area (Å²) in [4.78, 5) is 0.956. The van der Waals surface area contributed by atoms with E-state index in [0.717, 1.165) is 23.1 Å². The van der Waals surface area contributed by atoms with Crippen LogP contribution in [0.4, 0.5) is 0 Å². The van der Waals surface area contributed by atoms with E-state index in [1.54, 1.807) is 11.3 Å². The second kappa shape index (κ2) is 5.61. The molecule has 0 radical (unpaired) electrons. The van der Waals surface area contributed by atoms with Gasteiger partial charge in [-0.25, -0.2) is 0 Å². The van der Waals surface area contributed by atoms with Crippen LogP contribution in [0.5, 0.6) is 0 Å². The Morgan fingerprint density at radius 2 is 2.05 bits per heavy atom. The molecule has 4 rings (SSSR count). The lowest BCUT2D eigenvalue weighted by molar-refractivity contribution is 0.422. The van der Waals surface area contributed by atoms with Crippen LogP contribution in [-0.4, -0.2) is 37.9 Å². The molecule has 2 aromatic heterocycles. The standard InChI is InChI=1S/C13H19N5S2/c1-2-4-9(5-3-1)11-15-16-13-18(11)17-12(20-13)10-8-19-7-6-14-10/h9-10,14H,1-8H2. The summed E-state index contributed by atoms with van der Waals surface area (Å²) < 4.78 is 2.01. The van der Waals surface area contributed by atoms with Crippen LogP contribution < -0.4 is 5.32 Å². The molecule has 108 valence electrons. The fourth-order valence-electron chi connectivity index (χ4n) is 3.13. The molecule has 20 heavy (non-hydrogen) atoms. The quantitative estimate of drug-likeness (QED) is 0.924. The third kappa shape index (κ3) is 2.35. The predicted molar refractivity (Wildman–Crippen MR) is 82.6 cm³/mol. The maximum Gasteiger partial charge on any atom is 0.234 e. The number of nitrogens with one attached hydrogen (secondary N) is 1. The van der Waals surface area contributed by atoms with Gasteiger partial charge in [-0.15, -0.1) is 10.2 Å². The van der Waals surface area contributed by atoms with E-state index in [1.807, 2.05) is 16.3 Å². The van der Waals surface area contributed by atoms with E-state index in [9.17, 15) is 0 Å². The van der Waals surface area contributed by atoms with Gasteiger partial charge in [0.25, 0.3) is 0 Å². The van der Waals surface area contributed by atoms with E-state index in [4.69, 9.17) is 5.10 Å². The molecule has 2 aromatic rings. The smallest absolute Gasteiger partial charge is 0.234 e. The van der Waals surface area contributed by atoms with Gasteiger partial charge in [-0.2, -0.15) is 21.4 Å². The zero-order valence-corrected chi connectivity index (χ0v) is 13.0. The molecule has 2 aliphatic rings. The third-order valence-electron chi connectivity index (χ3n) is 4.22. The maximum absolute atomic E-state index is 4.81. The monoisotopic (exact) mass is 309 g/mol. The third-order valence-corrected chi connectivity index (χ3v) is 6.29. The first-order valence-corrected chi connectivity index (χ1v) is 9.42. The molecule has 0 amide bonds. The van der Waals surface area contributed by atoms with Crippen molar-refractivity contribution in [2.75, 3.05) is 18.1 Å². The van der Waals surface area contributed by atoms with Crippen LogP contribution in [-0.2, 0) is 0 Å². The minimum Gasteiger partial charge on any atom is -0.306 e. The summed E-state index contributed by atoms with van der Waals surface area (Å²) in [6, 6.07) is 0.389. The minimum absolute atomic E-state index is 0.389. The lowest BCUT2D eigenvalue weighted by Gasteiger charge is -2.20. The number of fused-ring (bicyclic) bond motifs is 1. The zero-order chi connectivity index (χ0) is 13.4. The molecule has 3 heterocycles. The second-order valence-electron chi connectivity index (χ2n) is 5.61. The number of hydrogen-bond donors (Lipinski definition) is 1. The van der Waals surface area contributed by atoms with Crippen molar-refractivity contribution in [3.05, 3.63) is 10.8 Å². The average molecular weight is 309 g/mol. The molecule has 0 bridgehead atoms. The minimum atomic E-state index is 0.389. The largest absolute Gasteiger partial charge is 0.306 e. The second-order valence-corrected chi connectivity index (χ2v) is 7.75. The molecule has 1 atom stereocenters. The Labute approximate surface area is 126 Å². The molecule has 1 saturated heterocycles. The molecular weight excluding hydrogens is 290 g/mol. The highest BCUT2D eigenvalue weighted by Gasteiger charge is 2.25. The van der Waals surface area contributed by atoms with Crippen molar-refractivity contribution in [2.45, 2.75) is 44.1 Å². The van der Waals surface area contributed by atoms with Crippen LogP contribution >= 0.6 is 23.1 Å². The van der Waals surface area contributed by atoms with Crippen LogP contribution in [0, 0.1) is 0 Å². The Morgan fingerprint density at radius 1 is 1.15 bits per heavy atom. The van der Waals surface area contributed by atoms with Crippen molar-refractivity contribution in [3.8, 4) is 0 Å². The van der Waals surface area contributed by atoms with Gasteiger partial charge in [0.15, 0.2) is 5.82 Å². The summed E-state index contributed by atoms with van der Waals surface area (Å²) in [5.74, 6) is 3.96. The van der Waals surface area contributed by atoms with Gasteiger partial charge in [-0.3, -0.25) is 0 Å². The van der Waals surface area contributed by atoms with E-state index in [-0.39, 0.29) is 0 Å². The molecule has 1 aliphatic carbocycles. The Bertz CT molecular complexity index is 581. The number of aromatic nitrogens is 4. The molecule has 1 N–H and O–H groups in total. The van der Waals surface area contributed by atoms with Crippen LogP contribution in [0.2, 0.25) is 0 Å². The van der Waals surface area contributed by atoms with E-state index >= 15 is 0 Å². The number of hydrogen-bond acceptors (Lipinski definition) is 6. The summed E-state index contributed by atoms with van der Waals surface area (Å²) >= 11 is 3.69. The number of thioether (sulfide) groups is 1. The fraction of sp³-hybridized carbons (Fsp3) is 0.769. The van der Waals surface area contributed by atoms with Crippen LogP contribution in [0.25, 0.3) is 4.96 Å². The van der Waals surface area contributed by atoms with Crippen LogP contribution in [0.3, 0.4) is 0 Å². The van der Waals surface area contributed by atoms with E-state index in [1.165, 1.54) is 42.9 Å². The molecule has 1 unspecified atom stereocenters. The zero-order valence-electron chi connectivity index (χ0n) is 11.4. The highest BCUT2D eigenvalue weighted by atomic mass is 32.2. The summed E-state index contributed by atoms with van der Waals surface area (Å²) in [6.07, 6.45) is 6.48. The van der Waals surface area contributed by atoms with E-state index in [0.29, 0.717) is 12.0 Å². The van der Waals surface area contributed by atoms with Gasteiger partial charge in [0.05, 0.1) is 6.04 Å². The van der Waals surface area contributed by atoms with Crippen LogP contribution in [0.1, 0.15) is 54.9 Å². The number of rotatable bonds is 2. The molecule has 2 fully saturated rings. The van der Waals surface area contributed by atoms with Crippen molar-refractivity contribution < 1.29 is 0 Å². The van der Waals surface area contributed by atoms with E-state index in [2.05, 4.69) is 15.5 Å². The maximum atomic E-state index is 4.81. The lowest BCUT2D eigenvalue weighted by atomic mass is 9.89. The average Bonchev–Trinajstić information content (AvgIpc) is 3.09. The fourth-order valence-corrected chi connectivity index (χ4v) is 5.09. The predicted octanol–water partition coefficient (Wildman–Crippen LogP) is 2.61. The highest BCUT2D eigenvalue weighted by molar-refractivity contribution is 7.99. The Hall–Kier alpha value is -0.660. The van der Waals surface area contributed by atoms with Gasteiger partial charge < -0.3 is 5.32 Å². The van der Waals surface area contributed by atoms with Gasteiger partial charge in [0, 0.05) is 24.0 Å². The first kappa shape index (κ1) is 13.0. The lowest BCUT2D eigenvalue weighted by Crippen LogP contribution is -2.30. The van der Waals surface area contributed by atoms with E-state index < -0.39 is 0 Å². The Balaban J connectivity index is 1.63. The SMILES string of the molecule is C1CCC(c2nnc3sc(C4CSCCN4)nn23)CC1. The highest BCUT2D eigenvalue weighted by Crippen LogP contribution is 2.33. The van der Waals surface area contributed by atoms with Gasteiger partial charge in [-0.05, 0) is 12.8 Å². The Kier molecular flexibility index (Phi) is 3.66. The van der Waals surface area contributed by atoms with Crippen molar-refractivity contribution in [1.29, 1.82) is 0 Å². The van der Waals surface area contributed by atoms with Gasteiger partial charge >= 0.3 is 0 Å². The van der Waals surface area contributed by atoms with Gasteiger partial charge in [0.1, 0.15) is 5.01 Å². The van der Waals surface area contributed by atoms with Crippen molar-refractivity contribution >= 4 is 28.1 Å². The molecule has 0 aromatic carbocycles. The van der Waals surface area contributed by atoms with Gasteiger partial charge in [-0.1, -0.05) is 30.6 Å². The van der Waals surface area contributed by atoms with Gasteiger partial charge in [0.2, 0.25) is 4.96 Å². The summed E-state index contributed by atoms with van der Waals surface area (Å²) in [6.45, 7) is 1.07. The topological polar surface area (TPSA) is 55.1 Å².